The molecule has 0 aliphatic carbocycles. The van der Waals surface area contributed by atoms with Crippen molar-refractivity contribution in [1.82, 2.24) is 30.5 Å². The topological polar surface area (TPSA) is 121 Å². The van der Waals surface area contributed by atoms with Crippen LogP contribution in [0.25, 0.3) is 0 Å². The van der Waals surface area contributed by atoms with Crippen molar-refractivity contribution in [2.75, 3.05) is 11.9 Å². The first-order valence-electron chi connectivity index (χ1n) is 9.21. The van der Waals surface area contributed by atoms with Gasteiger partial charge in [0.2, 0.25) is 0 Å². The lowest BCUT2D eigenvalue weighted by molar-refractivity contribution is 0.0941. The summed E-state index contributed by atoms with van der Waals surface area (Å²) in [7, 11) is 1.60. The zero-order valence-corrected chi connectivity index (χ0v) is 16.5. The number of nitrogens with zero attached hydrogens (tertiary/aromatic N) is 6. The van der Waals surface area contributed by atoms with Gasteiger partial charge in [-0.2, -0.15) is 10.1 Å². The Kier molecular flexibility index (Phi) is 6.14. The average molecular weight is 390 g/mol. The SMILES string of the molecule is CC(C)c1ccc(C(CNC(=O)c2nnn(C)n2)Nc2ccc(C#N)nc2)cc1. The molecule has 0 aliphatic heterocycles. The van der Waals surface area contributed by atoms with Gasteiger partial charge in [-0.1, -0.05) is 38.1 Å². The highest BCUT2D eigenvalue weighted by molar-refractivity contribution is 5.90. The minimum atomic E-state index is -0.401. The second kappa shape index (κ2) is 8.93. The molecule has 0 fully saturated rings. The highest BCUT2D eigenvalue weighted by Crippen LogP contribution is 2.22. The minimum absolute atomic E-state index is 0.0152. The summed E-state index contributed by atoms with van der Waals surface area (Å²) >= 11 is 0. The summed E-state index contributed by atoms with van der Waals surface area (Å²) in [5.41, 5.74) is 3.33. The molecule has 1 aromatic carbocycles. The van der Waals surface area contributed by atoms with Gasteiger partial charge in [-0.05, 0) is 34.4 Å². The van der Waals surface area contributed by atoms with Crippen LogP contribution in [0.3, 0.4) is 0 Å². The first-order valence-corrected chi connectivity index (χ1v) is 9.21. The maximum absolute atomic E-state index is 12.3. The molecule has 1 amide bonds. The number of carbonyl (C=O) groups excluding carboxylic acids is 1. The first-order chi connectivity index (χ1) is 14.0. The number of hydrogen-bond donors (Lipinski definition) is 2. The fourth-order valence-corrected chi connectivity index (χ4v) is 2.76. The van der Waals surface area contributed by atoms with Crippen LogP contribution in [-0.2, 0) is 7.05 Å². The average Bonchev–Trinajstić information content (AvgIpc) is 3.18. The molecule has 3 rings (SSSR count). The Morgan fingerprint density at radius 2 is 1.90 bits per heavy atom. The van der Waals surface area contributed by atoms with Gasteiger partial charge in [0.1, 0.15) is 11.8 Å². The number of aryl methyl sites for hydroxylation is 1. The van der Waals surface area contributed by atoms with Gasteiger partial charge in [0.05, 0.1) is 25.0 Å². The molecule has 1 unspecified atom stereocenters. The van der Waals surface area contributed by atoms with E-state index in [-0.39, 0.29) is 11.9 Å². The zero-order valence-electron chi connectivity index (χ0n) is 16.5. The number of nitrogens with one attached hydrogen (secondary N) is 2. The lowest BCUT2D eigenvalue weighted by Crippen LogP contribution is -2.32. The van der Waals surface area contributed by atoms with E-state index in [9.17, 15) is 4.79 Å². The number of rotatable bonds is 7. The number of hydrogen-bond acceptors (Lipinski definition) is 7. The maximum Gasteiger partial charge on any atom is 0.292 e. The third-order valence-corrected chi connectivity index (χ3v) is 4.40. The van der Waals surface area contributed by atoms with E-state index in [1.54, 1.807) is 25.4 Å². The quantitative estimate of drug-likeness (QED) is 0.634. The van der Waals surface area contributed by atoms with Gasteiger partial charge >= 0.3 is 0 Å². The molecule has 1 atom stereocenters. The second-order valence-electron chi connectivity index (χ2n) is 6.87. The molecule has 29 heavy (non-hydrogen) atoms. The predicted octanol–water partition coefficient (Wildman–Crippen LogP) is 2.18. The van der Waals surface area contributed by atoms with Crippen LogP contribution in [0.4, 0.5) is 5.69 Å². The van der Waals surface area contributed by atoms with Gasteiger partial charge < -0.3 is 10.6 Å². The number of tetrazole rings is 1. The largest absolute Gasteiger partial charge is 0.375 e. The van der Waals surface area contributed by atoms with Crippen LogP contribution in [0.2, 0.25) is 0 Å². The molecule has 0 spiro atoms. The van der Waals surface area contributed by atoms with Gasteiger partial charge in [-0.25, -0.2) is 4.98 Å². The van der Waals surface area contributed by atoms with Crippen LogP contribution >= 0.6 is 0 Å². The Morgan fingerprint density at radius 3 is 2.45 bits per heavy atom. The van der Waals surface area contributed by atoms with Crippen molar-refractivity contribution in [1.29, 1.82) is 5.26 Å². The monoisotopic (exact) mass is 390 g/mol. The minimum Gasteiger partial charge on any atom is -0.375 e. The third kappa shape index (κ3) is 5.13. The Hall–Kier alpha value is -3.80. The number of amides is 1. The van der Waals surface area contributed by atoms with E-state index in [0.29, 0.717) is 18.2 Å². The van der Waals surface area contributed by atoms with Crippen LogP contribution in [-0.4, -0.2) is 37.6 Å². The van der Waals surface area contributed by atoms with Crippen molar-refractivity contribution >= 4 is 11.6 Å². The van der Waals surface area contributed by atoms with Gasteiger partial charge in [-0.15, -0.1) is 10.2 Å². The van der Waals surface area contributed by atoms with Crippen molar-refractivity contribution in [2.45, 2.75) is 25.8 Å². The number of pyridine rings is 1. The lowest BCUT2D eigenvalue weighted by Gasteiger charge is -2.21. The number of anilines is 1. The standard InChI is InChI=1S/C20H22N8O/c1-13(2)14-4-6-15(7-5-14)18(24-17-9-8-16(10-21)22-11-17)12-23-20(29)19-25-27-28(3)26-19/h4-9,11,13,18,24H,12H2,1-3H3,(H,23,29). The van der Waals surface area contributed by atoms with Crippen molar-refractivity contribution in [3.8, 4) is 6.07 Å². The molecule has 2 aromatic heterocycles. The fraction of sp³-hybridized carbons (Fsp3) is 0.300. The maximum atomic E-state index is 12.3. The molecule has 9 nitrogen and oxygen atoms in total. The Labute approximate surface area is 168 Å². The van der Waals surface area contributed by atoms with Crippen molar-refractivity contribution in [3.63, 3.8) is 0 Å². The summed E-state index contributed by atoms with van der Waals surface area (Å²) in [5, 5.41) is 26.4. The number of nitriles is 1. The molecule has 2 N–H and O–H groups in total. The number of aromatic nitrogens is 5. The van der Waals surface area contributed by atoms with Gasteiger partial charge in [0.25, 0.3) is 11.7 Å². The summed E-state index contributed by atoms with van der Waals surface area (Å²) in [4.78, 5) is 17.6. The van der Waals surface area contributed by atoms with Crippen LogP contribution < -0.4 is 10.6 Å². The van der Waals surface area contributed by atoms with Gasteiger partial charge in [-0.3, -0.25) is 4.79 Å². The molecular weight excluding hydrogens is 368 g/mol. The molecule has 0 aliphatic rings. The Morgan fingerprint density at radius 1 is 1.17 bits per heavy atom. The molecule has 0 bridgehead atoms. The van der Waals surface area contributed by atoms with Crippen LogP contribution in [0.1, 0.15) is 53.2 Å². The molecule has 0 saturated carbocycles. The van der Waals surface area contributed by atoms with Gasteiger partial charge in [0, 0.05) is 6.54 Å². The summed E-state index contributed by atoms with van der Waals surface area (Å²) < 4.78 is 0. The third-order valence-electron chi connectivity index (χ3n) is 4.40. The van der Waals surface area contributed by atoms with Gasteiger partial charge in [0.15, 0.2) is 0 Å². The van der Waals surface area contributed by atoms with Crippen LogP contribution in [0, 0.1) is 11.3 Å². The summed E-state index contributed by atoms with van der Waals surface area (Å²) in [6, 6.07) is 13.4. The van der Waals surface area contributed by atoms with E-state index in [4.69, 9.17) is 5.26 Å². The predicted molar refractivity (Wildman–Crippen MR) is 107 cm³/mol. The zero-order chi connectivity index (χ0) is 20.8. The molecule has 2 heterocycles. The summed E-state index contributed by atoms with van der Waals surface area (Å²) in [5.74, 6) is 0.0451. The van der Waals surface area contributed by atoms with E-state index < -0.39 is 5.91 Å². The molecule has 9 heteroatoms. The molecule has 3 aromatic rings. The van der Waals surface area contributed by atoms with E-state index in [0.717, 1.165) is 11.3 Å². The number of benzene rings is 1. The molecule has 0 saturated heterocycles. The second-order valence-corrected chi connectivity index (χ2v) is 6.87. The van der Waals surface area contributed by atoms with Crippen LogP contribution in [0.15, 0.2) is 42.6 Å². The highest BCUT2D eigenvalue weighted by Gasteiger charge is 2.17. The normalized spacial score (nSPS) is 11.7. The van der Waals surface area contributed by atoms with Crippen molar-refractivity contribution < 1.29 is 4.79 Å². The lowest BCUT2D eigenvalue weighted by atomic mass is 9.99. The van der Waals surface area contributed by atoms with Crippen molar-refractivity contribution in [3.05, 3.63) is 65.2 Å². The van der Waals surface area contributed by atoms with Crippen LogP contribution in [0.5, 0.6) is 0 Å². The van der Waals surface area contributed by atoms with E-state index in [2.05, 4.69) is 57.0 Å². The Bertz CT molecular complexity index is 1000. The smallest absolute Gasteiger partial charge is 0.292 e. The summed E-state index contributed by atoms with van der Waals surface area (Å²) in [6.07, 6.45) is 1.60. The van der Waals surface area contributed by atoms with Crippen molar-refractivity contribution in [2.24, 2.45) is 7.05 Å². The summed E-state index contributed by atoms with van der Waals surface area (Å²) in [6.45, 7) is 4.58. The highest BCUT2D eigenvalue weighted by atomic mass is 16.2. The molecular formula is C20H22N8O. The first kappa shape index (κ1) is 19.9. The molecule has 148 valence electrons. The number of carbonyl (C=O) groups is 1. The van der Waals surface area contributed by atoms with E-state index in [1.807, 2.05) is 18.2 Å². The molecule has 0 radical (unpaired) electrons. The Balaban J connectivity index is 1.78. The van der Waals surface area contributed by atoms with E-state index in [1.165, 1.54) is 10.4 Å². The van der Waals surface area contributed by atoms with E-state index >= 15 is 0 Å². The fourth-order valence-electron chi connectivity index (χ4n) is 2.76.